The van der Waals surface area contributed by atoms with Crippen molar-refractivity contribution in [1.82, 2.24) is 0 Å². The number of hydrogen-bond acceptors (Lipinski definition) is 2. The second kappa shape index (κ2) is 6.54. The van der Waals surface area contributed by atoms with Gasteiger partial charge in [-0.2, -0.15) is 0 Å². The standard InChI is InChI=1S/C14H24N2/c1-4-13(9-10-15)16(5-2)14-8-6-7-12(3)11-14/h6-8,11,13H,4-5,9-10,15H2,1-3H3. The molecule has 90 valence electrons. The van der Waals surface area contributed by atoms with Gasteiger partial charge in [0.1, 0.15) is 0 Å². The van der Waals surface area contributed by atoms with Gasteiger partial charge in [-0.3, -0.25) is 0 Å². The number of hydrogen-bond donors (Lipinski definition) is 1. The SMILES string of the molecule is CCC(CCN)N(CC)c1cccc(C)c1. The number of nitrogens with two attached hydrogens (primary N) is 1. The van der Waals surface area contributed by atoms with Crippen molar-refractivity contribution in [2.75, 3.05) is 18.0 Å². The van der Waals surface area contributed by atoms with Crippen molar-refractivity contribution < 1.29 is 0 Å². The fourth-order valence-electron chi connectivity index (χ4n) is 2.23. The summed E-state index contributed by atoms with van der Waals surface area (Å²) >= 11 is 0. The first-order valence-corrected chi connectivity index (χ1v) is 6.26. The molecular formula is C14H24N2. The molecule has 2 nitrogen and oxygen atoms in total. The third kappa shape index (κ3) is 3.24. The smallest absolute Gasteiger partial charge is 0.0371 e. The Hall–Kier alpha value is -1.02. The lowest BCUT2D eigenvalue weighted by Gasteiger charge is -2.32. The summed E-state index contributed by atoms with van der Waals surface area (Å²) in [4.78, 5) is 2.46. The summed E-state index contributed by atoms with van der Waals surface area (Å²) in [6.45, 7) is 8.39. The third-order valence-electron chi connectivity index (χ3n) is 3.09. The highest BCUT2D eigenvalue weighted by Gasteiger charge is 2.14. The van der Waals surface area contributed by atoms with Gasteiger partial charge in [-0.1, -0.05) is 19.1 Å². The Balaban J connectivity index is 2.87. The van der Waals surface area contributed by atoms with Crippen molar-refractivity contribution in [2.24, 2.45) is 5.73 Å². The van der Waals surface area contributed by atoms with E-state index in [1.54, 1.807) is 0 Å². The Kier molecular flexibility index (Phi) is 5.33. The van der Waals surface area contributed by atoms with Crippen molar-refractivity contribution in [1.29, 1.82) is 0 Å². The molecule has 1 unspecified atom stereocenters. The van der Waals surface area contributed by atoms with Gasteiger partial charge in [-0.15, -0.1) is 0 Å². The summed E-state index contributed by atoms with van der Waals surface area (Å²) < 4.78 is 0. The molecule has 1 atom stereocenters. The van der Waals surface area contributed by atoms with Gasteiger partial charge >= 0.3 is 0 Å². The minimum atomic E-state index is 0.566. The summed E-state index contributed by atoms with van der Waals surface area (Å²) in [5, 5.41) is 0. The molecule has 0 bridgehead atoms. The maximum Gasteiger partial charge on any atom is 0.0371 e. The summed E-state index contributed by atoms with van der Waals surface area (Å²) in [5.74, 6) is 0. The number of aryl methyl sites for hydroxylation is 1. The molecule has 0 fully saturated rings. The molecule has 0 spiro atoms. The van der Waals surface area contributed by atoms with E-state index in [0.29, 0.717) is 6.04 Å². The summed E-state index contributed by atoms with van der Waals surface area (Å²) in [7, 11) is 0. The van der Waals surface area contributed by atoms with E-state index in [0.717, 1.165) is 25.9 Å². The molecule has 16 heavy (non-hydrogen) atoms. The van der Waals surface area contributed by atoms with Crippen LogP contribution in [0, 0.1) is 6.92 Å². The molecule has 1 rings (SSSR count). The van der Waals surface area contributed by atoms with E-state index in [-0.39, 0.29) is 0 Å². The van der Waals surface area contributed by atoms with Crippen LogP contribution in [0.2, 0.25) is 0 Å². The molecular weight excluding hydrogens is 196 g/mol. The third-order valence-corrected chi connectivity index (χ3v) is 3.09. The van der Waals surface area contributed by atoms with Crippen molar-refractivity contribution in [3.63, 3.8) is 0 Å². The number of nitrogens with zero attached hydrogens (tertiary/aromatic N) is 1. The lowest BCUT2D eigenvalue weighted by atomic mass is 10.1. The number of anilines is 1. The normalized spacial score (nSPS) is 12.5. The quantitative estimate of drug-likeness (QED) is 0.798. The molecule has 0 aliphatic carbocycles. The first kappa shape index (κ1) is 13.0. The zero-order chi connectivity index (χ0) is 12.0. The molecule has 1 aromatic carbocycles. The molecule has 0 saturated heterocycles. The first-order valence-electron chi connectivity index (χ1n) is 6.26. The molecule has 0 saturated carbocycles. The molecule has 0 amide bonds. The fourth-order valence-corrected chi connectivity index (χ4v) is 2.23. The molecule has 2 heteroatoms. The van der Waals surface area contributed by atoms with E-state index in [9.17, 15) is 0 Å². The van der Waals surface area contributed by atoms with Crippen LogP contribution < -0.4 is 10.6 Å². The van der Waals surface area contributed by atoms with Crippen LogP contribution in [-0.4, -0.2) is 19.1 Å². The monoisotopic (exact) mass is 220 g/mol. The Bertz CT molecular complexity index is 309. The molecule has 0 aliphatic rings. The predicted molar refractivity (Wildman–Crippen MR) is 71.9 cm³/mol. The van der Waals surface area contributed by atoms with Crippen LogP contribution in [0.3, 0.4) is 0 Å². The van der Waals surface area contributed by atoms with E-state index in [2.05, 4.69) is 49.9 Å². The highest BCUT2D eigenvalue weighted by Crippen LogP contribution is 2.21. The minimum absolute atomic E-state index is 0.566. The average molecular weight is 220 g/mol. The van der Waals surface area contributed by atoms with E-state index < -0.39 is 0 Å². The lowest BCUT2D eigenvalue weighted by molar-refractivity contribution is 0.549. The lowest BCUT2D eigenvalue weighted by Crippen LogP contribution is -2.36. The van der Waals surface area contributed by atoms with Gasteiger partial charge in [0.05, 0.1) is 0 Å². The highest BCUT2D eigenvalue weighted by molar-refractivity contribution is 5.49. The molecule has 0 radical (unpaired) electrons. The van der Waals surface area contributed by atoms with Gasteiger partial charge in [-0.05, 0) is 50.9 Å². The molecule has 0 heterocycles. The second-order valence-corrected chi connectivity index (χ2v) is 4.26. The Labute approximate surface area is 99.5 Å². The highest BCUT2D eigenvalue weighted by atomic mass is 15.2. The zero-order valence-corrected chi connectivity index (χ0v) is 10.7. The van der Waals surface area contributed by atoms with E-state index in [4.69, 9.17) is 5.73 Å². The van der Waals surface area contributed by atoms with Gasteiger partial charge in [0, 0.05) is 18.3 Å². The Morgan fingerprint density at radius 3 is 2.56 bits per heavy atom. The number of rotatable bonds is 6. The summed E-state index contributed by atoms with van der Waals surface area (Å²) in [6, 6.07) is 9.28. The van der Waals surface area contributed by atoms with Crippen molar-refractivity contribution in [3.8, 4) is 0 Å². The van der Waals surface area contributed by atoms with Crippen molar-refractivity contribution in [2.45, 2.75) is 39.7 Å². The largest absolute Gasteiger partial charge is 0.369 e. The van der Waals surface area contributed by atoms with Gasteiger partial charge < -0.3 is 10.6 Å². The van der Waals surface area contributed by atoms with Crippen molar-refractivity contribution >= 4 is 5.69 Å². The second-order valence-electron chi connectivity index (χ2n) is 4.26. The van der Waals surface area contributed by atoms with Gasteiger partial charge in [0.15, 0.2) is 0 Å². The van der Waals surface area contributed by atoms with Crippen LogP contribution in [0.5, 0.6) is 0 Å². The molecule has 0 aromatic heterocycles. The maximum absolute atomic E-state index is 5.68. The van der Waals surface area contributed by atoms with Gasteiger partial charge in [0.25, 0.3) is 0 Å². The van der Waals surface area contributed by atoms with Crippen LogP contribution in [0.25, 0.3) is 0 Å². The summed E-state index contributed by atoms with van der Waals surface area (Å²) in [6.07, 6.45) is 2.22. The van der Waals surface area contributed by atoms with Crippen LogP contribution in [0.1, 0.15) is 32.3 Å². The van der Waals surface area contributed by atoms with Crippen LogP contribution in [-0.2, 0) is 0 Å². The van der Waals surface area contributed by atoms with Gasteiger partial charge in [0.2, 0.25) is 0 Å². The molecule has 2 N–H and O–H groups in total. The van der Waals surface area contributed by atoms with E-state index in [1.807, 2.05) is 0 Å². The molecule has 0 aliphatic heterocycles. The van der Waals surface area contributed by atoms with E-state index >= 15 is 0 Å². The zero-order valence-electron chi connectivity index (χ0n) is 10.7. The number of benzene rings is 1. The topological polar surface area (TPSA) is 29.3 Å². The van der Waals surface area contributed by atoms with E-state index in [1.165, 1.54) is 11.3 Å². The maximum atomic E-state index is 5.68. The van der Waals surface area contributed by atoms with Crippen molar-refractivity contribution in [3.05, 3.63) is 29.8 Å². The average Bonchev–Trinajstić information content (AvgIpc) is 2.29. The first-order chi connectivity index (χ1) is 7.72. The van der Waals surface area contributed by atoms with Crippen LogP contribution in [0.4, 0.5) is 5.69 Å². The fraction of sp³-hybridized carbons (Fsp3) is 0.571. The Morgan fingerprint density at radius 2 is 2.06 bits per heavy atom. The summed E-state index contributed by atoms with van der Waals surface area (Å²) in [5.41, 5.74) is 8.32. The van der Waals surface area contributed by atoms with Crippen LogP contribution in [0.15, 0.2) is 24.3 Å². The van der Waals surface area contributed by atoms with Crippen LogP contribution >= 0.6 is 0 Å². The molecule has 1 aromatic rings. The predicted octanol–water partition coefficient (Wildman–Crippen LogP) is 2.95. The Morgan fingerprint density at radius 1 is 1.31 bits per heavy atom. The minimum Gasteiger partial charge on any atom is -0.369 e. The van der Waals surface area contributed by atoms with Gasteiger partial charge in [-0.25, -0.2) is 0 Å².